The van der Waals surface area contributed by atoms with Crippen LogP contribution in [0.2, 0.25) is 0 Å². The van der Waals surface area contributed by atoms with Crippen molar-refractivity contribution in [2.45, 2.75) is 45.4 Å². The monoisotopic (exact) mass is 402 g/mol. The fourth-order valence-corrected chi connectivity index (χ4v) is 4.13. The van der Waals surface area contributed by atoms with Crippen LogP contribution >= 0.6 is 0 Å². The van der Waals surface area contributed by atoms with Crippen molar-refractivity contribution in [3.63, 3.8) is 0 Å². The van der Waals surface area contributed by atoms with Gasteiger partial charge < -0.3 is 14.2 Å². The Morgan fingerprint density at radius 2 is 1.55 bits per heavy atom. The summed E-state index contributed by atoms with van der Waals surface area (Å²) in [7, 11) is 3.93. The van der Waals surface area contributed by atoms with Crippen LogP contribution in [-0.4, -0.2) is 39.2 Å². The average molecular weight is 402 g/mol. The molecule has 2 rings (SSSR count). The predicted molar refractivity (Wildman–Crippen MR) is 109 cm³/mol. The van der Waals surface area contributed by atoms with Crippen LogP contribution in [0.1, 0.15) is 61.4 Å². The van der Waals surface area contributed by atoms with E-state index in [0.717, 1.165) is 36.8 Å². The molecule has 158 valence electrons. The van der Waals surface area contributed by atoms with Crippen LogP contribution in [0, 0.1) is 11.3 Å². The Morgan fingerprint density at radius 3 is 2.07 bits per heavy atom. The van der Waals surface area contributed by atoms with Crippen LogP contribution in [0.15, 0.2) is 30.3 Å². The summed E-state index contributed by atoms with van der Waals surface area (Å²) in [5.74, 6) is -1.89. The molecular weight excluding hydrogens is 372 g/mol. The minimum atomic E-state index is -1.37. The Labute approximate surface area is 172 Å². The summed E-state index contributed by atoms with van der Waals surface area (Å²) >= 11 is 0. The lowest BCUT2D eigenvalue weighted by molar-refractivity contribution is -0.171. The number of hydrogen-bond donors (Lipinski definition) is 0. The summed E-state index contributed by atoms with van der Waals surface area (Å²) in [6, 6.07) is 7.02. The molecule has 0 heterocycles. The topological polar surface area (TPSA) is 78.9 Å². The molecule has 0 fully saturated rings. The second-order valence-electron chi connectivity index (χ2n) is 7.29. The molecule has 0 amide bonds. The molecule has 0 spiro atoms. The van der Waals surface area contributed by atoms with Crippen molar-refractivity contribution >= 4 is 23.5 Å². The second-order valence-corrected chi connectivity index (χ2v) is 7.29. The van der Waals surface area contributed by atoms with Gasteiger partial charge in [0.25, 0.3) is 0 Å². The number of methoxy groups -OCH3 is 3. The second kappa shape index (κ2) is 10.2. The van der Waals surface area contributed by atoms with E-state index in [1.54, 1.807) is 12.1 Å². The molecule has 1 unspecified atom stereocenters. The first-order valence-corrected chi connectivity index (χ1v) is 10.0. The van der Waals surface area contributed by atoms with E-state index in [9.17, 15) is 14.4 Å². The summed E-state index contributed by atoms with van der Waals surface area (Å²) in [6.45, 7) is 2.14. The van der Waals surface area contributed by atoms with E-state index in [4.69, 9.17) is 14.2 Å². The first-order valence-electron chi connectivity index (χ1n) is 10.0. The van der Waals surface area contributed by atoms with Crippen LogP contribution in [0.4, 0.5) is 0 Å². The maximum absolute atomic E-state index is 12.8. The van der Waals surface area contributed by atoms with Gasteiger partial charge in [-0.1, -0.05) is 50.8 Å². The molecular formula is C23H30O6. The van der Waals surface area contributed by atoms with E-state index >= 15 is 0 Å². The van der Waals surface area contributed by atoms with Crippen molar-refractivity contribution in [3.8, 4) is 0 Å². The molecule has 0 aliphatic heterocycles. The van der Waals surface area contributed by atoms with Crippen LogP contribution in [0.25, 0.3) is 5.57 Å². The molecule has 0 aromatic heterocycles. The Morgan fingerprint density at radius 1 is 0.931 bits per heavy atom. The Hall–Kier alpha value is -2.63. The SMILES string of the molecule is CCCCCCC1C(c2ccc(C(=O)OC)cc2)=CCC1(C(=O)OC)C(=O)OC. The fraction of sp³-hybridized carbons (Fsp3) is 0.522. The molecule has 0 saturated carbocycles. The van der Waals surface area contributed by atoms with Gasteiger partial charge in [0.05, 0.1) is 26.9 Å². The zero-order valence-electron chi connectivity index (χ0n) is 17.7. The highest BCUT2D eigenvalue weighted by atomic mass is 16.5. The molecule has 0 bridgehead atoms. The smallest absolute Gasteiger partial charge is 0.337 e. The minimum Gasteiger partial charge on any atom is -0.468 e. The minimum absolute atomic E-state index is 0.235. The summed E-state index contributed by atoms with van der Waals surface area (Å²) < 4.78 is 14.8. The molecule has 0 saturated heterocycles. The third-order valence-corrected chi connectivity index (χ3v) is 5.70. The number of benzene rings is 1. The Balaban J connectivity index is 2.40. The summed E-state index contributed by atoms with van der Waals surface area (Å²) in [5.41, 5.74) is 0.856. The van der Waals surface area contributed by atoms with E-state index < -0.39 is 23.3 Å². The van der Waals surface area contributed by atoms with Crippen LogP contribution in [-0.2, 0) is 23.8 Å². The van der Waals surface area contributed by atoms with E-state index in [-0.39, 0.29) is 12.3 Å². The van der Waals surface area contributed by atoms with Gasteiger partial charge in [-0.25, -0.2) is 4.79 Å². The number of rotatable bonds is 9. The van der Waals surface area contributed by atoms with Crippen LogP contribution in [0.5, 0.6) is 0 Å². The lowest BCUT2D eigenvalue weighted by atomic mass is 9.71. The standard InChI is InChI=1S/C23H30O6/c1-5-6-7-8-9-19-18(16-10-12-17(13-11-16)20(24)27-2)14-15-23(19,21(25)28-3)22(26)29-4/h10-14,19H,5-9,15H2,1-4H3. The van der Waals surface area contributed by atoms with Crippen LogP contribution in [0.3, 0.4) is 0 Å². The van der Waals surface area contributed by atoms with Gasteiger partial charge in [-0.2, -0.15) is 0 Å². The predicted octanol–water partition coefficient (Wildman–Crippen LogP) is 4.18. The normalized spacial score (nSPS) is 17.4. The van der Waals surface area contributed by atoms with E-state index in [2.05, 4.69) is 6.92 Å². The van der Waals surface area contributed by atoms with E-state index in [1.165, 1.54) is 21.3 Å². The van der Waals surface area contributed by atoms with Crippen molar-refractivity contribution in [2.75, 3.05) is 21.3 Å². The van der Waals surface area contributed by atoms with Crippen molar-refractivity contribution < 1.29 is 28.6 Å². The number of hydrogen-bond acceptors (Lipinski definition) is 6. The van der Waals surface area contributed by atoms with Gasteiger partial charge in [-0.3, -0.25) is 9.59 Å². The third-order valence-electron chi connectivity index (χ3n) is 5.70. The first kappa shape index (κ1) is 22.7. The maximum Gasteiger partial charge on any atom is 0.337 e. The molecule has 6 nitrogen and oxygen atoms in total. The number of unbranched alkanes of at least 4 members (excludes halogenated alkanes) is 3. The van der Waals surface area contributed by atoms with E-state index in [1.807, 2.05) is 18.2 Å². The number of allylic oxidation sites excluding steroid dienone is 2. The van der Waals surface area contributed by atoms with Crippen molar-refractivity contribution in [1.82, 2.24) is 0 Å². The molecule has 29 heavy (non-hydrogen) atoms. The number of carbonyl (C=O) groups excluding carboxylic acids is 3. The molecule has 1 aliphatic carbocycles. The lowest BCUT2D eigenvalue weighted by Gasteiger charge is -2.32. The quantitative estimate of drug-likeness (QED) is 0.267. The van der Waals surface area contributed by atoms with E-state index in [0.29, 0.717) is 12.0 Å². The summed E-state index contributed by atoms with van der Waals surface area (Å²) in [6.07, 6.45) is 6.95. The van der Waals surface area contributed by atoms with Gasteiger partial charge in [-0.15, -0.1) is 0 Å². The zero-order valence-corrected chi connectivity index (χ0v) is 17.7. The van der Waals surface area contributed by atoms with Gasteiger partial charge in [0.2, 0.25) is 0 Å². The number of esters is 3. The van der Waals surface area contributed by atoms with Gasteiger partial charge in [0, 0.05) is 5.92 Å². The molecule has 1 aliphatic rings. The summed E-state index contributed by atoms with van der Waals surface area (Å²) in [5, 5.41) is 0. The third kappa shape index (κ3) is 4.52. The highest BCUT2D eigenvalue weighted by Crippen LogP contribution is 2.51. The van der Waals surface area contributed by atoms with Gasteiger partial charge >= 0.3 is 17.9 Å². The van der Waals surface area contributed by atoms with Crippen LogP contribution < -0.4 is 0 Å². The molecule has 0 radical (unpaired) electrons. The Bertz CT molecular complexity index is 746. The number of carbonyl (C=O) groups is 3. The van der Waals surface area contributed by atoms with Crippen molar-refractivity contribution in [1.29, 1.82) is 0 Å². The highest BCUT2D eigenvalue weighted by Gasteiger charge is 2.57. The van der Waals surface area contributed by atoms with Gasteiger partial charge in [0.1, 0.15) is 0 Å². The maximum atomic E-state index is 12.8. The largest absolute Gasteiger partial charge is 0.468 e. The highest BCUT2D eigenvalue weighted by molar-refractivity contribution is 6.04. The summed E-state index contributed by atoms with van der Waals surface area (Å²) in [4.78, 5) is 37.3. The number of ether oxygens (including phenoxy) is 3. The molecule has 6 heteroatoms. The molecule has 0 N–H and O–H groups in total. The van der Waals surface area contributed by atoms with Crippen molar-refractivity contribution in [3.05, 3.63) is 41.5 Å². The zero-order chi connectivity index (χ0) is 21.4. The van der Waals surface area contributed by atoms with Crippen molar-refractivity contribution in [2.24, 2.45) is 11.3 Å². The fourth-order valence-electron chi connectivity index (χ4n) is 4.13. The van der Waals surface area contributed by atoms with Gasteiger partial charge in [0.15, 0.2) is 5.41 Å². The molecule has 1 aromatic rings. The molecule has 1 aromatic carbocycles. The van der Waals surface area contributed by atoms with Gasteiger partial charge in [-0.05, 0) is 36.1 Å². The first-order chi connectivity index (χ1) is 14.0. The Kier molecular flexibility index (Phi) is 8.00. The lowest BCUT2D eigenvalue weighted by Crippen LogP contribution is -2.45. The molecule has 1 atom stereocenters. The average Bonchev–Trinajstić information content (AvgIpc) is 3.15.